The maximum atomic E-state index is 13.6. The highest BCUT2D eigenvalue weighted by atomic mass is 16.6. The van der Waals surface area contributed by atoms with Crippen LogP contribution in [0.25, 0.3) is 0 Å². The van der Waals surface area contributed by atoms with Gasteiger partial charge in [-0.15, -0.1) is 0 Å². The summed E-state index contributed by atoms with van der Waals surface area (Å²) in [7, 11) is 0. The van der Waals surface area contributed by atoms with Crippen molar-refractivity contribution in [1.29, 1.82) is 0 Å². The van der Waals surface area contributed by atoms with Crippen molar-refractivity contribution in [3.8, 4) is 0 Å². The molecule has 0 saturated carbocycles. The Morgan fingerprint density at radius 1 is 0.833 bits per heavy atom. The van der Waals surface area contributed by atoms with E-state index in [1.807, 2.05) is 0 Å². The lowest BCUT2D eigenvalue weighted by Crippen LogP contribution is -2.40. The van der Waals surface area contributed by atoms with Gasteiger partial charge in [0, 0.05) is 0 Å². The van der Waals surface area contributed by atoms with E-state index >= 15 is 0 Å². The second-order valence-corrected chi connectivity index (χ2v) is 14.2. The second kappa shape index (κ2) is 13.9. The molecule has 0 N–H and O–H groups in total. The van der Waals surface area contributed by atoms with Crippen LogP contribution in [-0.4, -0.2) is 64.4 Å². The molecular formula is C30H56O6. The van der Waals surface area contributed by atoms with Gasteiger partial charge in [-0.2, -0.15) is 0 Å². The predicted molar refractivity (Wildman–Crippen MR) is 144 cm³/mol. The summed E-state index contributed by atoms with van der Waals surface area (Å²) in [6.07, 6.45) is 5.29. The summed E-state index contributed by atoms with van der Waals surface area (Å²) in [6, 6.07) is 0. The van der Waals surface area contributed by atoms with Crippen molar-refractivity contribution in [3.63, 3.8) is 0 Å². The predicted octanol–water partition coefficient (Wildman–Crippen LogP) is 6.30. The Balaban J connectivity index is 2.01. The Morgan fingerprint density at radius 2 is 1.33 bits per heavy atom. The quantitative estimate of drug-likeness (QED) is 0.159. The molecule has 0 aliphatic carbocycles. The monoisotopic (exact) mass is 512 g/mol. The van der Waals surface area contributed by atoms with Gasteiger partial charge in [-0.1, -0.05) is 62.3 Å². The summed E-state index contributed by atoms with van der Waals surface area (Å²) in [5.74, 6) is 0.682. The molecule has 0 aromatic heterocycles. The molecule has 0 spiro atoms. The molecule has 0 amide bonds. The number of carbonyl (C=O) groups excluding carboxylic acids is 1. The molecule has 0 aromatic rings. The molecule has 6 nitrogen and oxygen atoms in total. The molecule has 2 heterocycles. The highest BCUT2D eigenvalue weighted by Gasteiger charge is 2.36. The van der Waals surface area contributed by atoms with Gasteiger partial charge in [0.25, 0.3) is 0 Å². The van der Waals surface area contributed by atoms with Gasteiger partial charge in [0.2, 0.25) is 0 Å². The molecule has 0 radical (unpaired) electrons. The van der Waals surface area contributed by atoms with Crippen molar-refractivity contribution in [2.45, 2.75) is 107 Å². The minimum Gasteiger partial charge on any atom is -0.465 e. The number of hydrogen-bond donors (Lipinski definition) is 0. The first kappa shape index (κ1) is 31.5. The maximum absolute atomic E-state index is 13.6. The van der Waals surface area contributed by atoms with E-state index in [2.05, 4.69) is 62.3 Å². The van der Waals surface area contributed by atoms with E-state index in [1.165, 1.54) is 0 Å². The van der Waals surface area contributed by atoms with Crippen molar-refractivity contribution in [2.24, 2.45) is 34.0 Å². The summed E-state index contributed by atoms with van der Waals surface area (Å²) in [6.45, 7) is 24.3. The van der Waals surface area contributed by atoms with Gasteiger partial charge < -0.3 is 23.7 Å². The molecule has 0 bridgehead atoms. The standard InChI is InChI=1S/C30H56O6/c1-10-30(19-32-15-24-17-34-24,20-33-16-25-18-35-25)21-36-27(31)26(23(3)14-29(7,8)9)12-11-22(2)13-28(4,5)6/h22-26H,10-21H2,1-9H3. The minimum atomic E-state index is -0.364. The third kappa shape index (κ3) is 13.2. The fourth-order valence-corrected chi connectivity index (χ4v) is 5.26. The number of esters is 1. The van der Waals surface area contributed by atoms with Crippen LogP contribution in [0.4, 0.5) is 0 Å². The largest absolute Gasteiger partial charge is 0.465 e. The van der Waals surface area contributed by atoms with Crippen LogP contribution in [0.2, 0.25) is 0 Å². The molecule has 2 aliphatic rings. The second-order valence-electron chi connectivity index (χ2n) is 14.2. The number of ether oxygens (including phenoxy) is 5. The van der Waals surface area contributed by atoms with Gasteiger partial charge in [0.1, 0.15) is 18.8 Å². The van der Waals surface area contributed by atoms with Crippen molar-refractivity contribution < 1.29 is 28.5 Å². The molecular weight excluding hydrogens is 456 g/mol. The van der Waals surface area contributed by atoms with Crippen LogP contribution in [0.15, 0.2) is 0 Å². The number of epoxide rings is 2. The first-order chi connectivity index (χ1) is 16.7. The fourth-order valence-electron chi connectivity index (χ4n) is 5.26. The summed E-state index contributed by atoms with van der Waals surface area (Å²) in [5, 5.41) is 0. The normalized spacial score (nSPS) is 24.0. The smallest absolute Gasteiger partial charge is 0.309 e. The minimum absolute atomic E-state index is 0.0661. The average molecular weight is 513 g/mol. The Kier molecular flexibility index (Phi) is 12.2. The lowest BCUT2D eigenvalue weighted by molar-refractivity contribution is -0.159. The number of carbonyl (C=O) groups is 1. The Hall–Kier alpha value is -0.690. The van der Waals surface area contributed by atoms with E-state index in [-0.39, 0.29) is 40.8 Å². The molecule has 2 aliphatic heterocycles. The van der Waals surface area contributed by atoms with E-state index in [9.17, 15) is 4.79 Å². The van der Waals surface area contributed by atoms with Crippen LogP contribution in [0.5, 0.6) is 0 Å². The molecule has 5 atom stereocenters. The van der Waals surface area contributed by atoms with Crippen LogP contribution in [0.1, 0.15) is 94.4 Å². The zero-order chi connectivity index (χ0) is 27.0. The first-order valence-corrected chi connectivity index (χ1v) is 14.3. The molecule has 0 aromatic carbocycles. The number of rotatable bonds is 18. The zero-order valence-electron chi connectivity index (χ0n) is 24.8. The molecule has 6 heteroatoms. The molecule has 2 fully saturated rings. The van der Waals surface area contributed by atoms with Crippen LogP contribution in [0, 0.1) is 34.0 Å². The van der Waals surface area contributed by atoms with Crippen molar-refractivity contribution >= 4 is 5.97 Å². The van der Waals surface area contributed by atoms with Gasteiger partial charge in [-0.3, -0.25) is 4.79 Å². The van der Waals surface area contributed by atoms with Gasteiger partial charge >= 0.3 is 5.97 Å². The van der Waals surface area contributed by atoms with Crippen LogP contribution >= 0.6 is 0 Å². The van der Waals surface area contributed by atoms with Crippen molar-refractivity contribution in [2.75, 3.05) is 46.2 Å². The van der Waals surface area contributed by atoms with E-state index in [1.54, 1.807) is 0 Å². The lowest BCUT2D eigenvalue weighted by atomic mass is 9.76. The molecule has 2 saturated heterocycles. The van der Waals surface area contributed by atoms with E-state index < -0.39 is 0 Å². The third-order valence-corrected chi connectivity index (χ3v) is 7.35. The van der Waals surface area contributed by atoms with Crippen LogP contribution in [0.3, 0.4) is 0 Å². The van der Waals surface area contributed by atoms with Gasteiger partial charge in [-0.25, -0.2) is 0 Å². The molecule has 2 rings (SSSR count). The van der Waals surface area contributed by atoms with Crippen molar-refractivity contribution in [1.82, 2.24) is 0 Å². The van der Waals surface area contributed by atoms with Gasteiger partial charge in [-0.05, 0) is 54.8 Å². The highest BCUT2D eigenvalue weighted by Crippen LogP contribution is 2.35. The molecule has 36 heavy (non-hydrogen) atoms. The molecule has 212 valence electrons. The Bertz CT molecular complexity index is 623. The van der Waals surface area contributed by atoms with E-state index in [4.69, 9.17) is 23.7 Å². The topological polar surface area (TPSA) is 69.8 Å². The lowest BCUT2D eigenvalue weighted by Gasteiger charge is -2.34. The van der Waals surface area contributed by atoms with E-state index in [0.717, 1.165) is 45.3 Å². The highest BCUT2D eigenvalue weighted by molar-refractivity contribution is 5.72. The number of hydrogen-bond acceptors (Lipinski definition) is 6. The summed E-state index contributed by atoms with van der Waals surface area (Å²) >= 11 is 0. The third-order valence-electron chi connectivity index (χ3n) is 7.35. The molecule has 5 unspecified atom stereocenters. The van der Waals surface area contributed by atoms with Gasteiger partial charge in [0.15, 0.2) is 0 Å². The Morgan fingerprint density at radius 3 is 1.75 bits per heavy atom. The summed E-state index contributed by atoms with van der Waals surface area (Å²) in [5.41, 5.74) is 0.0978. The first-order valence-electron chi connectivity index (χ1n) is 14.3. The fraction of sp³-hybridized carbons (Fsp3) is 0.967. The zero-order valence-corrected chi connectivity index (χ0v) is 24.8. The SMILES string of the molecule is CCC(COCC1CO1)(COCC1CO1)COC(=O)C(CCC(C)CC(C)(C)C)C(C)CC(C)(C)C. The maximum Gasteiger partial charge on any atom is 0.309 e. The summed E-state index contributed by atoms with van der Waals surface area (Å²) < 4.78 is 28.7. The van der Waals surface area contributed by atoms with Crippen LogP contribution in [-0.2, 0) is 28.5 Å². The van der Waals surface area contributed by atoms with Crippen LogP contribution < -0.4 is 0 Å². The van der Waals surface area contributed by atoms with Gasteiger partial charge in [0.05, 0.1) is 51.0 Å². The summed E-state index contributed by atoms with van der Waals surface area (Å²) in [4.78, 5) is 13.6. The average Bonchev–Trinajstić information content (AvgIpc) is 3.65. The van der Waals surface area contributed by atoms with Crippen molar-refractivity contribution in [3.05, 3.63) is 0 Å². The van der Waals surface area contributed by atoms with E-state index in [0.29, 0.717) is 44.4 Å². The Labute approximate surface area is 221 Å².